The van der Waals surface area contributed by atoms with Crippen LogP contribution >= 0.6 is 0 Å². The Morgan fingerprint density at radius 3 is 2.85 bits per heavy atom. The number of benzene rings is 1. The summed E-state index contributed by atoms with van der Waals surface area (Å²) in [6.45, 7) is 4.11. The van der Waals surface area contributed by atoms with E-state index in [2.05, 4.69) is 27.9 Å². The number of aromatic nitrogens is 3. The Kier molecular flexibility index (Phi) is 2.21. The van der Waals surface area contributed by atoms with E-state index in [0.717, 1.165) is 39.3 Å². The molecule has 0 atom stereocenters. The highest BCUT2D eigenvalue weighted by molar-refractivity contribution is 5.84. The van der Waals surface area contributed by atoms with Gasteiger partial charge in [-0.05, 0) is 43.7 Å². The van der Waals surface area contributed by atoms with Crippen LogP contribution < -0.4 is 0 Å². The van der Waals surface area contributed by atoms with Crippen molar-refractivity contribution in [3.63, 3.8) is 0 Å². The molecule has 1 aromatic carbocycles. The average Bonchev–Trinajstić information content (AvgIpc) is 3.01. The molecule has 0 aliphatic heterocycles. The lowest BCUT2D eigenvalue weighted by Crippen LogP contribution is -1.78. The summed E-state index contributed by atoms with van der Waals surface area (Å²) in [5.74, 6) is 1.46. The van der Waals surface area contributed by atoms with E-state index in [9.17, 15) is 0 Å². The second kappa shape index (κ2) is 3.93. The zero-order valence-corrected chi connectivity index (χ0v) is 11.3. The molecule has 1 N–H and O–H groups in total. The van der Waals surface area contributed by atoms with Crippen molar-refractivity contribution in [1.29, 1.82) is 0 Å². The Morgan fingerprint density at radius 1 is 1.10 bits per heavy atom. The van der Waals surface area contributed by atoms with E-state index < -0.39 is 0 Å². The maximum atomic E-state index is 5.86. The van der Waals surface area contributed by atoms with E-state index >= 15 is 0 Å². The number of furan rings is 1. The third-order valence-corrected chi connectivity index (χ3v) is 3.51. The molecule has 0 amide bonds. The molecule has 3 aromatic heterocycles. The number of aromatic amines is 1. The number of hydrogen-bond acceptors (Lipinski definition) is 3. The van der Waals surface area contributed by atoms with E-state index in [1.54, 1.807) is 6.20 Å². The van der Waals surface area contributed by atoms with Crippen molar-refractivity contribution in [3.05, 3.63) is 47.7 Å². The first-order valence-corrected chi connectivity index (χ1v) is 6.52. The van der Waals surface area contributed by atoms with Crippen molar-refractivity contribution >= 4 is 22.1 Å². The van der Waals surface area contributed by atoms with Gasteiger partial charge in [0.2, 0.25) is 0 Å². The van der Waals surface area contributed by atoms with Gasteiger partial charge in [-0.3, -0.25) is 0 Å². The number of rotatable bonds is 1. The number of fused-ring (bicyclic) bond motifs is 2. The first-order valence-electron chi connectivity index (χ1n) is 6.52. The van der Waals surface area contributed by atoms with Crippen LogP contribution in [0.25, 0.3) is 33.7 Å². The van der Waals surface area contributed by atoms with E-state index in [1.807, 2.05) is 31.2 Å². The van der Waals surface area contributed by atoms with Gasteiger partial charge in [0.25, 0.3) is 0 Å². The molecule has 4 nitrogen and oxygen atoms in total. The molecule has 4 rings (SSSR count). The molecular formula is C16H13N3O. The average molecular weight is 263 g/mol. The van der Waals surface area contributed by atoms with Crippen molar-refractivity contribution in [3.8, 4) is 11.6 Å². The number of pyridine rings is 1. The minimum Gasteiger partial charge on any atom is -0.453 e. The lowest BCUT2D eigenvalue weighted by atomic mass is 10.2. The van der Waals surface area contributed by atoms with Gasteiger partial charge in [0.05, 0.1) is 5.52 Å². The first-order chi connectivity index (χ1) is 9.70. The summed E-state index contributed by atoms with van der Waals surface area (Å²) >= 11 is 0. The van der Waals surface area contributed by atoms with E-state index in [-0.39, 0.29) is 0 Å². The summed E-state index contributed by atoms with van der Waals surface area (Å²) in [6, 6.07) is 10.1. The van der Waals surface area contributed by atoms with E-state index in [4.69, 9.17) is 4.42 Å². The molecular weight excluding hydrogens is 250 g/mol. The molecule has 0 saturated heterocycles. The fraction of sp³-hybridized carbons (Fsp3) is 0.125. The Hall–Kier alpha value is -2.62. The van der Waals surface area contributed by atoms with Crippen LogP contribution in [0.1, 0.15) is 11.1 Å². The van der Waals surface area contributed by atoms with E-state index in [0.29, 0.717) is 0 Å². The van der Waals surface area contributed by atoms with Gasteiger partial charge in [-0.15, -0.1) is 0 Å². The molecule has 4 heteroatoms. The predicted octanol–water partition coefficient (Wildman–Crippen LogP) is 3.99. The molecule has 0 unspecified atom stereocenters. The second-order valence-electron chi connectivity index (χ2n) is 5.06. The first kappa shape index (κ1) is 11.2. The van der Waals surface area contributed by atoms with Crippen LogP contribution in [0.2, 0.25) is 0 Å². The van der Waals surface area contributed by atoms with E-state index in [1.165, 1.54) is 5.56 Å². The summed E-state index contributed by atoms with van der Waals surface area (Å²) in [6.07, 6.45) is 1.77. The molecule has 0 aliphatic rings. The van der Waals surface area contributed by atoms with Crippen molar-refractivity contribution in [1.82, 2.24) is 15.0 Å². The van der Waals surface area contributed by atoms with Crippen LogP contribution in [0, 0.1) is 13.8 Å². The van der Waals surface area contributed by atoms with Crippen LogP contribution in [0.15, 0.2) is 40.9 Å². The number of aryl methyl sites for hydroxylation is 2. The van der Waals surface area contributed by atoms with Gasteiger partial charge in [-0.2, -0.15) is 0 Å². The predicted molar refractivity (Wildman–Crippen MR) is 78.6 cm³/mol. The molecule has 0 saturated carbocycles. The highest BCUT2D eigenvalue weighted by atomic mass is 16.3. The van der Waals surface area contributed by atoms with Crippen LogP contribution in [0.3, 0.4) is 0 Å². The minimum atomic E-state index is 0.718. The van der Waals surface area contributed by atoms with Gasteiger partial charge in [0.1, 0.15) is 5.58 Å². The number of H-pyrrole nitrogens is 1. The molecule has 0 spiro atoms. The van der Waals surface area contributed by atoms with Gasteiger partial charge in [0.15, 0.2) is 17.2 Å². The van der Waals surface area contributed by atoms with Gasteiger partial charge < -0.3 is 9.40 Å². The summed E-state index contributed by atoms with van der Waals surface area (Å²) in [4.78, 5) is 12.1. The molecule has 4 aromatic rings. The molecule has 0 radical (unpaired) electrons. The molecule has 0 bridgehead atoms. The number of imidazole rings is 1. The van der Waals surface area contributed by atoms with Gasteiger partial charge in [0, 0.05) is 11.6 Å². The number of hydrogen-bond donors (Lipinski definition) is 1. The minimum absolute atomic E-state index is 0.718. The largest absolute Gasteiger partial charge is 0.453 e. The van der Waals surface area contributed by atoms with Crippen LogP contribution in [-0.2, 0) is 0 Å². The zero-order chi connectivity index (χ0) is 13.7. The Morgan fingerprint density at radius 2 is 2.00 bits per heavy atom. The molecule has 0 aliphatic carbocycles. The van der Waals surface area contributed by atoms with Gasteiger partial charge in [-0.25, -0.2) is 9.97 Å². The van der Waals surface area contributed by atoms with Crippen LogP contribution in [-0.4, -0.2) is 15.0 Å². The number of nitrogens with one attached hydrogen (secondary N) is 1. The highest BCUT2D eigenvalue weighted by Gasteiger charge is 2.12. The van der Waals surface area contributed by atoms with Crippen molar-refractivity contribution in [2.24, 2.45) is 0 Å². The zero-order valence-electron chi connectivity index (χ0n) is 11.3. The molecule has 20 heavy (non-hydrogen) atoms. The third-order valence-electron chi connectivity index (χ3n) is 3.51. The lowest BCUT2D eigenvalue weighted by Gasteiger charge is -1.91. The fourth-order valence-electron chi connectivity index (χ4n) is 2.43. The summed E-state index contributed by atoms with van der Waals surface area (Å²) in [5.41, 5.74) is 4.89. The van der Waals surface area contributed by atoms with Crippen molar-refractivity contribution < 1.29 is 4.42 Å². The number of nitrogens with zero attached hydrogens (tertiary/aromatic N) is 2. The molecule has 98 valence electrons. The fourth-order valence-corrected chi connectivity index (χ4v) is 2.43. The quantitative estimate of drug-likeness (QED) is 0.565. The topological polar surface area (TPSA) is 54.7 Å². The van der Waals surface area contributed by atoms with Crippen LogP contribution in [0.4, 0.5) is 0 Å². The lowest BCUT2D eigenvalue weighted by molar-refractivity contribution is 0.626. The Labute approximate surface area is 115 Å². The van der Waals surface area contributed by atoms with Crippen molar-refractivity contribution in [2.75, 3.05) is 0 Å². The normalized spacial score (nSPS) is 11.5. The highest BCUT2D eigenvalue weighted by Crippen LogP contribution is 2.28. The maximum absolute atomic E-state index is 5.86. The monoisotopic (exact) mass is 263 g/mol. The summed E-state index contributed by atoms with van der Waals surface area (Å²) in [7, 11) is 0. The van der Waals surface area contributed by atoms with Crippen molar-refractivity contribution in [2.45, 2.75) is 13.8 Å². The Balaban J connectivity index is 1.94. The summed E-state index contributed by atoms with van der Waals surface area (Å²) in [5, 5.41) is 1.09. The maximum Gasteiger partial charge on any atom is 0.178 e. The summed E-state index contributed by atoms with van der Waals surface area (Å²) < 4.78 is 5.86. The third kappa shape index (κ3) is 1.61. The van der Waals surface area contributed by atoms with Gasteiger partial charge >= 0.3 is 0 Å². The smallest absolute Gasteiger partial charge is 0.178 e. The van der Waals surface area contributed by atoms with Gasteiger partial charge in [-0.1, -0.05) is 11.6 Å². The standard InChI is InChI=1S/C16H13N3O/c1-9-3-4-12-11(7-9)8-13(20-12)15-18-14-10(2)5-6-17-16(14)19-15/h3-8H,1-2H3,(H,17,18,19). The molecule has 0 fully saturated rings. The molecule has 3 heterocycles. The Bertz CT molecular complexity index is 933. The SMILES string of the molecule is Cc1ccc2oc(-c3nc4nccc(C)c4[nH]3)cc2c1. The second-order valence-corrected chi connectivity index (χ2v) is 5.06. The van der Waals surface area contributed by atoms with Crippen LogP contribution in [0.5, 0.6) is 0 Å².